The number of amides is 1. The summed E-state index contributed by atoms with van der Waals surface area (Å²) < 4.78 is 0. The van der Waals surface area contributed by atoms with Gasteiger partial charge >= 0.3 is 0 Å². The molecule has 1 fully saturated rings. The molecular formula is C19H21Cl2N3O. The smallest absolute Gasteiger partial charge is 0.225 e. The molecule has 0 unspecified atom stereocenters. The number of anilines is 2. The van der Waals surface area contributed by atoms with Crippen LogP contribution in [0.3, 0.4) is 0 Å². The zero-order chi connectivity index (χ0) is 17.6. The number of para-hydroxylation sites is 2. The lowest BCUT2D eigenvalue weighted by molar-refractivity contribution is -0.116. The van der Waals surface area contributed by atoms with E-state index < -0.39 is 0 Å². The van der Waals surface area contributed by atoms with Crippen molar-refractivity contribution in [1.29, 1.82) is 0 Å². The third kappa shape index (κ3) is 4.88. The van der Waals surface area contributed by atoms with Crippen LogP contribution in [0.2, 0.25) is 10.0 Å². The van der Waals surface area contributed by atoms with E-state index in [0.29, 0.717) is 17.1 Å². The first kappa shape index (κ1) is 18.1. The van der Waals surface area contributed by atoms with Crippen molar-refractivity contribution < 1.29 is 4.79 Å². The minimum atomic E-state index is -0.0124. The Kier molecular flexibility index (Phi) is 6.19. The molecule has 1 aliphatic heterocycles. The molecule has 0 aromatic heterocycles. The van der Waals surface area contributed by atoms with Gasteiger partial charge in [-0.05, 0) is 24.3 Å². The number of piperazine rings is 1. The van der Waals surface area contributed by atoms with Crippen LogP contribution in [0.15, 0.2) is 48.5 Å². The summed E-state index contributed by atoms with van der Waals surface area (Å²) in [6, 6.07) is 15.2. The van der Waals surface area contributed by atoms with Crippen molar-refractivity contribution in [3.05, 3.63) is 58.6 Å². The summed E-state index contributed by atoms with van der Waals surface area (Å²) in [4.78, 5) is 16.7. The molecule has 4 nitrogen and oxygen atoms in total. The van der Waals surface area contributed by atoms with Crippen molar-refractivity contribution in [2.24, 2.45) is 0 Å². The lowest BCUT2D eigenvalue weighted by Gasteiger charge is -2.36. The molecule has 6 heteroatoms. The molecular weight excluding hydrogens is 357 g/mol. The molecule has 1 aliphatic rings. The summed E-state index contributed by atoms with van der Waals surface area (Å²) in [5.74, 6) is -0.0124. The Morgan fingerprint density at radius 2 is 1.56 bits per heavy atom. The van der Waals surface area contributed by atoms with Gasteiger partial charge in [-0.25, -0.2) is 0 Å². The first-order valence-electron chi connectivity index (χ1n) is 8.40. The molecule has 0 saturated carbocycles. The number of carbonyl (C=O) groups excluding carboxylic acids is 1. The topological polar surface area (TPSA) is 35.6 Å². The Balaban J connectivity index is 1.44. The first-order chi connectivity index (χ1) is 12.1. The molecule has 0 radical (unpaired) electrons. The Bertz CT molecular complexity index is 730. The van der Waals surface area contributed by atoms with E-state index in [0.717, 1.165) is 43.4 Å². The van der Waals surface area contributed by atoms with Crippen LogP contribution in [0.1, 0.15) is 6.42 Å². The molecule has 1 amide bonds. The van der Waals surface area contributed by atoms with Gasteiger partial charge in [-0.15, -0.1) is 0 Å². The number of nitrogens with zero attached hydrogens (tertiary/aromatic N) is 2. The second-order valence-electron chi connectivity index (χ2n) is 6.06. The lowest BCUT2D eigenvalue weighted by Crippen LogP contribution is -2.47. The highest BCUT2D eigenvalue weighted by atomic mass is 35.5. The fourth-order valence-corrected chi connectivity index (χ4v) is 3.39. The lowest BCUT2D eigenvalue weighted by atomic mass is 10.2. The third-order valence-electron chi connectivity index (χ3n) is 4.37. The van der Waals surface area contributed by atoms with Gasteiger partial charge in [-0.2, -0.15) is 0 Å². The number of hydrogen-bond acceptors (Lipinski definition) is 3. The van der Waals surface area contributed by atoms with E-state index in [1.807, 2.05) is 36.4 Å². The van der Waals surface area contributed by atoms with Crippen LogP contribution >= 0.6 is 23.2 Å². The van der Waals surface area contributed by atoms with E-state index in [9.17, 15) is 4.79 Å². The molecule has 0 spiro atoms. The highest BCUT2D eigenvalue weighted by Crippen LogP contribution is 2.26. The van der Waals surface area contributed by atoms with E-state index in [2.05, 4.69) is 21.2 Å². The predicted molar refractivity (Wildman–Crippen MR) is 105 cm³/mol. The third-order valence-corrected chi connectivity index (χ3v) is 5.02. The van der Waals surface area contributed by atoms with Gasteiger partial charge in [0.1, 0.15) is 0 Å². The number of benzene rings is 2. The van der Waals surface area contributed by atoms with E-state index in [1.54, 1.807) is 6.07 Å². The molecule has 0 aliphatic carbocycles. The van der Waals surface area contributed by atoms with Crippen molar-refractivity contribution >= 4 is 40.5 Å². The standard InChI is InChI=1S/C19H21Cl2N3O/c20-15-5-1-3-7-17(15)22-19(25)9-10-23-11-13-24(14-12-23)18-8-4-2-6-16(18)21/h1-8H,9-14H2,(H,22,25). The van der Waals surface area contributed by atoms with Gasteiger partial charge < -0.3 is 10.2 Å². The number of nitrogens with one attached hydrogen (secondary N) is 1. The predicted octanol–water partition coefficient (Wildman–Crippen LogP) is 4.14. The fourth-order valence-electron chi connectivity index (χ4n) is 2.96. The summed E-state index contributed by atoms with van der Waals surface area (Å²) >= 11 is 12.3. The highest BCUT2D eigenvalue weighted by Gasteiger charge is 2.19. The van der Waals surface area contributed by atoms with Crippen molar-refractivity contribution in [2.75, 3.05) is 42.9 Å². The average Bonchev–Trinajstić information content (AvgIpc) is 2.63. The number of halogens is 2. The van der Waals surface area contributed by atoms with Gasteiger partial charge in [0.2, 0.25) is 5.91 Å². The summed E-state index contributed by atoms with van der Waals surface area (Å²) in [7, 11) is 0. The minimum Gasteiger partial charge on any atom is -0.368 e. The van der Waals surface area contributed by atoms with E-state index in [1.165, 1.54) is 0 Å². The number of hydrogen-bond donors (Lipinski definition) is 1. The molecule has 0 atom stereocenters. The second kappa shape index (κ2) is 8.56. The molecule has 1 N–H and O–H groups in total. The molecule has 2 aromatic carbocycles. The molecule has 2 aromatic rings. The van der Waals surface area contributed by atoms with Crippen LogP contribution in [-0.2, 0) is 4.79 Å². The molecule has 0 bridgehead atoms. The summed E-state index contributed by atoms with van der Waals surface area (Å²) in [6.45, 7) is 4.41. The summed E-state index contributed by atoms with van der Waals surface area (Å²) in [5.41, 5.74) is 1.75. The Morgan fingerprint density at radius 3 is 2.24 bits per heavy atom. The summed E-state index contributed by atoms with van der Waals surface area (Å²) in [6.07, 6.45) is 0.456. The normalized spacial score (nSPS) is 15.2. The minimum absolute atomic E-state index is 0.0124. The van der Waals surface area contributed by atoms with Crippen LogP contribution in [0, 0.1) is 0 Å². The van der Waals surface area contributed by atoms with Gasteiger partial charge in [-0.1, -0.05) is 47.5 Å². The van der Waals surface area contributed by atoms with Gasteiger partial charge in [0.25, 0.3) is 0 Å². The van der Waals surface area contributed by atoms with Crippen LogP contribution < -0.4 is 10.2 Å². The Morgan fingerprint density at radius 1 is 0.920 bits per heavy atom. The van der Waals surface area contributed by atoms with Crippen LogP contribution in [0.4, 0.5) is 11.4 Å². The second-order valence-corrected chi connectivity index (χ2v) is 6.87. The molecule has 3 rings (SSSR count). The average molecular weight is 378 g/mol. The van der Waals surface area contributed by atoms with Crippen molar-refractivity contribution in [3.63, 3.8) is 0 Å². The Hall–Kier alpha value is -1.75. The quantitative estimate of drug-likeness (QED) is 0.849. The van der Waals surface area contributed by atoms with E-state index in [4.69, 9.17) is 23.2 Å². The fraction of sp³-hybridized carbons (Fsp3) is 0.316. The maximum atomic E-state index is 12.1. The van der Waals surface area contributed by atoms with Gasteiger partial charge in [-0.3, -0.25) is 9.69 Å². The van der Waals surface area contributed by atoms with Crippen LogP contribution in [0.5, 0.6) is 0 Å². The van der Waals surface area contributed by atoms with Crippen molar-refractivity contribution in [2.45, 2.75) is 6.42 Å². The number of carbonyl (C=O) groups is 1. The molecule has 25 heavy (non-hydrogen) atoms. The van der Waals surface area contributed by atoms with E-state index >= 15 is 0 Å². The van der Waals surface area contributed by atoms with Gasteiger partial charge in [0.15, 0.2) is 0 Å². The zero-order valence-corrected chi connectivity index (χ0v) is 15.4. The van der Waals surface area contributed by atoms with Gasteiger partial charge in [0.05, 0.1) is 21.4 Å². The van der Waals surface area contributed by atoms with Crippen LogP contribution in [-0.4, -0.2) is 43.5 Å². The first-order valence-corrected chi connectivity index (χ1v) is 9.15. The highest BCUT2D eigenvalue weighted by molar-refractivity contribution is 6.33. The maximum absolute atomic E-state index is 12.1. The van der Waals surface area contributed by atoms with Crippen molar-refractivity contribution in [3.8, 4) is 0 Å². The van der Waals surface area contributed by atoms with Crippen LogP contribution in [0.25, 0.3) is 0 Å². The SMILES string of the molecule is O=C(CCN1CCN(c2ccccc2Cl)CC1)Nc1ccccc1Cl. The number of rotatable bonds is 5. The van der Waals surface area contributed by atoms with Crippen molar-refractivity contribution in [1.82, 2.24) is 4.90 Å². The van der Waals surface area contributed by atoms with E-state index in [-0.39, 0.29) is 5.91 Å². The molecule has 1 heterocycles. The Labute approximate surface area is 158 Å². The monoisotopic (exact) mass is 377 g/mol. The van der Waals surface area contributed by atoms with Gasteiger partial charge in [0, 0.05) is 39.1 Å². The molecule has 1 saturated heterocycles. The zero-order valence-electron chi connectivity index (χ0n) is 13.9. The molecule has 132 valence electrons. The largest absolute Gasteiger partial charge is 0.368 e. The summed E-state index contributed by atoms with van der Waals surface area (Å²) in [5, 5.41) is 4.21. The maximum Gasteiger partial charge on any atom is 0.225 e.